The number of aliphatic hydroxyl groups is 1. The number of thioether (sulfide) groups is 1. The van der Waals surface area contributed by atoms with E-state index < -0.39 is 0 Å². The van der Waals surface area contributed by atoms with Gasteiger partial charge < -0.3 is 10.4 Å². The summed E-state index contributed by atoms with van der Waals surface area (Å²) in [5.41, 5.74) is 0.595. The Morgan fingerprint density at radius 3 is 2.94 bits per heavy atom. The van der Waals surface area contributed by atoms with Gasteiger partial charge in [-0.15, -0.1) is 0 Å². The summed E-state index contributed by atoms with van der Waals surface area (Å²) >= 11 is 7.46. The van der Waals surface area contributed by atoms with Gasteiger partial charge in [0.1, 0.15) is 5.82 Å². The zero-order valence-corrected chi connectivity index (χ0v) is 11.2. The summed E-state index contributed by atoms with van der Waals surface area (Å²) < 4.78 is 13.5. The first-order valence-electron chi connectivity index (χ1n) is 5.58. The van der Waals surface area contributed by atoms with Gasteiger partial charge in [-0.3, -0.25) is 0 Å². The molecule has 1 rings (SSSR count). The molecule has 0 aromatic heterocycles. The van der Waals surface area contributed by atoms with Crippen LogP contribution in [0.1, 0.15) is 12.0 Å². The van der Waals surface area contributed by atoms with Gasteiger partial charge in [0.2, 0.25) is 0 Å². The molecule has 0 saturated heterocycles. The molecular formula is C12H17ClFNOS. The molecule has 17 heavy (non-hydrogen) atoms. The van der Waals surface area contributed by atoms with E-state index in [0.29, 0.717) is 12.1 Å². The number of rotatable bonds is 8. The Hall–Kier alpha value is -0.290. The molecule has 2 N–H and O–H groups in total. The van der Waals surface area contributed by atoms with Crippen LogP contribution in [0.4, 0.5) is 4.39 Å². The van der Waals surface area contributed by atoms with E-state index in [4.69, 9.17) is 16.7 Å². The van der Waals surface area contributed by atoms with Crippen molar-refractivity contribution in [1.29, 1.82) is 0 Å². The lowest BCUT2D eigenvalue weighted by molar-refractivity contribution is 0.296. The molecule has 0 aliphatic heterocycles. The van der Waals surface area contributed by atoms with Crippen molar-refractivity contribution in [1.82, 2.24) is 5.32 Å². The number of aliphatic hydroxyl groups excluding tert-OH is 1. The molecule has 0 spiro atoms. The predicted molar refractivity (Wildman–Crippen MR) is 72.1 cm³/mol. The second-order valence-corrected chi connectivity index (χ2v) is 5.21. The zero-order valence-electron chi connectivity index (χ0n) is 9.59. The summed E-state index contributed by atoms with van der Waals surface area (Å²) in [5, 5.41) is 11.9. The van der Waals surface area contributed by atoms with Gasteiger partial charge in [0.25, 0.3) is 0 Å². The van der Waals surface area contributed by atoms with Crippen LogP contribution in [0.2, 0.25) is 5.02 Å². The van der Waals surface area contributed by atoms with Gasteiger partial charge in [-0.2, -0.15) is 11.8 Å². The third-order valence-electron chi connectivity index (χ3n) is 2.22. The molecule has 0 bridgehead atoms. The molecule has 0 saturated carbocycles. The highest BCUT2D eigenvalue weighted by Gasteiger charge is 2.04. The molecule has 0 aliphatic carbocycles. The average Bonchev–Trinajstić information content (AvgIpc) is 2.33. The SMILES string of the molecule is OCCCSCCNCc1cccc(Cl)c1F. The molecule has 0 atom stereocenters. The normalized spacial score (nSPS) is 10.8. The van der Waals surface area contributed by atoms with Crippen LogP contribution in [-0.4, -0.2) is 29.8 Å². The Morgan fingerprint density at radius 1 is 1.35 bits per heavy atom. The lowest BCUT2D eigenvalue weighted by Crippen LogP contribution is -2.17. The van der Waals surface area contributed by atoms with Gasteiger partial charge in [0.05, 0.1) is 5.02 Å². The topological polar surface area (TPSA) is 32.3 Å². The molecule has 96 valence electrons. The molecular weight excluding hydrogens is 261 g/mol. The highest BCUT2D eigenvalue weighted by Crippen LogP contribution is 2.17. The maximum atomic E-state index is 13.5. The van der Waals surface area contributed by atoms with Crippen LogP contribution in [0, 0.1) is 5.82 Å². The van der Waals surface area contributed by atoms with Gasteiger partial charge in [-0.25, -0.2) is 4.39 Å². The minimum atomic E-state index is -0.338. The van der Waals surface area contributed by atoms with Gasteiger partial charge in [0.15, 0.2) is 0 Å². The van der Waals surface area contributed by atoms with Crippen LogP contribution < -0.4 is 5.32 Å². The number of benzene rings is 1. The minimum Gasteiger partial charge on any atom is -0.396 e. The zero-order chi connectivity index (χ0) is 12.5. The third kappa shape index (κ3) is 5.73. The van der Waals surface area contributed by atoms with Crippen molar-refractivity contribution < 1.29 is 9.50 Å². The summed E-state index contributed by atoms with van der Waals surface area (Å²) in [6.07, 6.45) is 0.827. The Bertz CT molecular complexity index is 338. The first-order valence-corrected chi connectivity index (χ1v) is 7.11. The fourth-order valence-electron chi connectivity index (χ4n) is 1.32. The summed E-state index contributed by atoms with van der Waals surface area (Å²) in [4.78, 5) is 0. The van der Waals surface area contributed by atoms with Crippen molar-refractivity contribution in [2.75, 3.05) is 24.7 Å². The minimum absolute atomic E-state index is 0.168. The van der Waals surface area contributed by atoms with Crippen molar-refractivity contribution in [2.45, 2.75) is 13.0 Å². The van der Waals surface area contributed by atoms with E-state index in [1.165, 1.54) is 0 Å². The molecule has 0 aliphatic rings. The van der Waals surface area contributed by atoms with Crippen molar-refractivity contribution in [3.8, 4) is 0 Å². The van der Waals surface area contributed by atoms with Gasteiger partial charge in [0, 0.05) is 31.0 Å². The van der Waals surface area contributed by atoms with E-state index in [2.05, 4.69) is 5.32 Å². The molecule has 0 amide bonds. The third-order valence-corrected chi connectivity index (χ3v) is 3.58. The number of nitrogens with one attached hydrogen (secondary N) is 1. The number of hydrogen-bond donors (Lipinski definition) is 2. The molecule has 0 heterocycles. The van der Waals surface area contributed by atoms with Crippen LogP contribution in [0.25, 0.3) is 0 Å². The van der Waals surface area contributed by atoms with Gasteiger partial charge in [-0.1, -0.05) is 23.7 Å². The van der Waals surface area contributed by atoms with Crippen molar-refractivity contribution >= 4 is 23.4 Å². The average molecular weight is 278 g/mol. The van der Waals surface area contributed by atoms with Gasteiger partial charge in [-0.05, 0) is 18.2 Å². The molecule has 0 fully saturated rings. The monoisotopic (exact) mass is 277 g/mol. The maximum absolute atomic E-state index is 13.5. The van der Waals surface area contributed by atoms with E-state index in [-0.39, 0.29) is 17.4 Å². The lowest BCUT2D eigenvalue weighted by atomic mass is 10.2. The van der Waals surface area contributed by atoms with Crippen LogP contribution in [0.5, 0.6) is 0 Å². The smallest absolute Gasteiger partial charge is 0.146 e. The second-order valence-electron chi connectivity index (χ2n) is 3.58. The lowest BCUT2D eigenvalue weighted by Gasteiger charge is -2.06. The Morgan fingerprint density at radius 2 is 2.18 bits per heavy atom. The molecule has 5 heteroatoms. The molecule has 1 aromatic rings. The first kappa shape index (κ1) is 14.8. The van der Waals surface area contributed by atoms with Crippen molar-refractivity contribution in [2.24, 2.45) is 0 Å². The second kappa shape index (κ2) is 8.75. The van der Waals surface area contributed by atoms with E-state index >= 15 is 0 Å². The van der Waals surface area contributed by atoms with E-state index in [0.717, 1.165) is 24.5 Å². The molecule has 1 aromatic carbocycles. The Kier molecular flexibility index (Phi) is 7.60. The molecule has 0 radical (unpaired) electrons. The summed E-state index contributed by atoms with van der Waals surface area (Å²) in [6.45, 7) is 1.56. The quantitative estimate of drug-likeness (QED) is 0.717. The van der Waals surface area contributed by atoms with E-state index in [9.17, 15) is 4.39 Å². The number of hydrogen-bond acceptors (Lipinski definition) is 3. The van der Waals surface area contributed by atoms with Crippen molar-refractivity contribution in [3.63, 3.8) is 0 Å². The Balaban J connectivity index is 2.16. The summed E-state index contributed by atoms with van der Waals surface area (Å²) in [5.74, 6) is 1.58. The summed E-state index contributed by atoms with van der Waals surface area (Å²) in [6, 6.07) is 5.02. The first-order chi connectivity index (χ1) is 8.25. The Labute approximate surface area is 111 Å². The van der Waals surface area contributed by atoms with Crippen LogP contribution in [0.15, 0.2) is 18.2 Å². The largest absolute Gasteiger partial charge is 0.396 e. The van der Waals surface area contributed by atoms with Crippen LogP contribution in [-0.2, 0) is 6.54 Å². The van der Waals surface area contributed by atoms with E-state index in [1.807, 2.05) is 0 Å². The maximum Gasteiger partial charge on any atom is 0.146 e. The highest BCUT2D eigenvalue weighted by molar-refractivity contribution is 7.99. The van der Waals surface area contributed by atoms with Crippen LogP contribution in [0.3, 0.4) is 0 Å². The number of halogens is 2. The van der Waals surface area contributed by atoms with Crippen LogP contribution >= 0.6 is 23.4 Å². The highest BCUT2D eigenvalue weighted by atomic mass is 35.5. The van der Waals surface area contributed by atoms with Crippen molar-refractivity contribution in [3.05, 3.63) is 34.6 Å². The summed E-state index contributed by atoms with van der Waals surface area (Å²) in [7, 11) is 0. The van der Waals surface area contributed by atoms with E-state index in [1.54, 1.807) is 30.0 Å². The fourth-order valence-corrected chi connectivity index (χ4v) is 2.34. The van der Waals surface area contributed by atoms with Gasteiger partial charge >= 0.3 is 0 Å². The molecule has 2 nitrogen and oxygen atoms in total. The standard InChI is InChI=1S/C12H17ClFNOS/c13-11-4-1-3-10(12(11)14)9-15-5-8-17-7-2-6-16/h1,3-4,15-16H,2,5-9H2. The predicted octanol–water partition coefficient (Wildman–Crippen LogP) is 2.68. The molecule has 0 unspecified atom stereocenters. The fraction of sp³-hybridized carbons (Fsp3) is 0.500.